The summed E-state index contributed by atoms with van der Waals surface area (Å²) in [7, 11) is -3.24. The Bertz CT molecular complexity index is 1050. The van der Waals surface area contributed by atoms with Crippen molar-refractivity contribution >= 4 is 43.6 Å². The highest BCUT2D eigenvalue weighted by molar-refractivity contribution is 7.90. The van der Waals surface area contributed by atoms with E-state index in [0.717, 1.165) is 6.26 Å². The van der Waals surface area contributed by atoms with E-state index >= 15 is 0 Å². The molecule has 1 aromatic heterocycles. The lowest BCUT2D eigenvalue weighted by Gasteiger charge is -2.04. The first-order valence-corrected chi connectivity index (χ1v) is 10.6. The molecule has 1 amide bonds. The number of nitrogens with one attached hydrogen (secondary N) is 2. The predicted molar refractivity (Wildman–Crippen MR) is 104 cm³/mol. The molecule has 0 unspecified atom stereocenters. The number of carbonyl (C=O) groups excluding carboxylic acids is 1. The molecule has 2 N–H and O–H groups in total. The Morgan fingerprint density at radius 3 is 2.33 bits per heavy atom. The second-order valence-corrected chi connectivity index (χ2v) is 8.67. The molecule has 1 heterocycles. The summed E-state index contributed by atoms with van der Waals surface area (Å²) < 4.78 is 35.8. The van der Waals surface area contributed by atoms with Gasteiger partial charge in [-0.2, -0.15) is 0 Å². The maximum atomic E-state index is 12.9. The van der Waals surface area contributed by atoms with Crippen LogP contribution in [-0.4, -0.2) is 25.6 Å². The third-order valence-corrected chi connectivity index (χ3v) is 5.49. The summed E-state index contributed by atoms with van der Waals surface area (Å²) in [6.45, 7) is 0. The van der Waals surface area contributed by atoms with Crippen LogP contribution in [0.2, 0.25) is 0 Å². The van der Waals surface area contributed by atoms with E-state index in [1.54, 1.807) is 17.5 Å². The van der Waals surface area contributed by atoms with Gasteiger partial charge in [0.15, 0.2) is 15.0 Å². The molecular weight excluding hydrogens is 389 g/mol. The minimum Gasteiger partial charge on any atom is -0.332 e. The standard InChI is InChI=1S/C18H16FN3O3S2/c1-27(24,25)16-8-6-14(7-9-16)21-18-22-15(11-26-18)10-17(23)20-13-4-2-12(19)3-5-13/h2-9,11H,10H2,1H3,(H,20,23)(H,21,22). The minimum atomic E-state index is -3.24. The van der Waals surface area contributed by atoms with Crippen molar-refractivity contribution in [1.29, 1.82) is 0 Å². The van der Waals surface area contributed by atoms with Gasteiger partial charge in [-0.15, -0.1) is 11.3 Å². The van der Waals surface area contributed by atoms with Crippen LogP contribution in [-0.2, 0) is 21.1 Å². The number of sulfone groups is 1. The smallest absolute Gasteiger partial charge is 0.230 e. The van der Waals surface area contributed by atoms with Crippen LogP contribution < -0.4 is 10.6 Å². The quantitative estimate of drug-likeness (QED) is 0.654. The molecular formula is C18H16FN3O3S2. The van der Waals surface area contributed by atoms with Gasteiger partial charge in [0.05, 0.1) is 17.0 Å². The van der Waals surface area contributed by atoms with E-state index in [2.05, 4.69) is 15.6 Å². The molecule has 3 aromatic rings. The van der Waals surface area contributed by atoms with E-state index in [0.29, 0.717) is 22.2 Å². The second-order valence-electron chi connectivity index (χ2n) is 5.80. The summed E-state index contributed by atoms with van der Waals surface area (Å²) in [5.41, 5.74) is 1.80. The summed E-state index contributed by atoms with van der Waals surface area (Å²) in [5.74, 6) is -0.622. The number of anilines is 3. The molecule has 0 aliphatic heterocycles. The number of benzene rings is 2. The van der Waals surface area contributed by atoms with E-state index in [9.17, 15) is 17.6 Å². The van der Waals surface area contributed by atoms with Gasteiger partial charge >= 0.3 is 0 Å². The Hall–Kier alpha value is -2.78. The van der Waals surface area contributed by atoms with Gasteiger partial charge in [-0.3, -0.25) is 4.79 Å². The Morgan fingerprint density at radius 2 is 1.70 bits per heavy atom. The van der Waals surface area contributed by atoms with Crippen LogP contribution in [0.4, 0.5) is 20.9 Å². The van der Waals surface area contributed by atoms with E-state index in [4.69, 9.17) is 0 Å². The topological polar surface area (TPSA) is 88.2 Å². The average Bonchev–Trinajstić information content (AvgIpc) is 3.03. The molecule has 3 rings (SSSR count). The number of carbonyl (C=O) groups is 1. The third-order valence-electron chi connectivity index (χ3n) is 3.56. The van der Waals surface area contributed by atoms with E-state index < -0.39 is 9.84 Å². The van der Waals surface area contributed by atoms with Crippen molar-refractivity contribution in [2.75, 3.05) is 16.9 Å². The summed E-state index contributed by atoms with van der Waals surface area (Å²) >= 11 is 1.33. The fraction of sp³-hybridized carbons (Fsp3) is 0.111. The van der Waals surface area contributed by atoms with Gasteiger partial charge in [0.2, 0.25) is 5.91 Å². The Balaban J connectivity index is 1.59. The van der Waals surface area contributed by atoms with Gasteiger partial charge in [-0.05, 0) is 48.5 Å². The van der Waals surface area contributed by atoms with Crippen LogP contribution in [0.25, 0.3) is 0 Å². The molecule has 6 nitrogen and oxygen atoms in total. The Kier molecular flexibility index (Phi) is 5.52. The number of nitrogens with zero attached hydrogens (tertiary/aromatic N) is 1. The van der Waals surface area contributed by atoms with Crippen molar-refractivity contribution in [3.63, 3.8) is 0 Å². The number of hydrogen-bond donors (Lipinski definition) is 2. The van der Waals surface area contributed by atoms with Crippen molar-refractivity contribution in [3.05, 3.63) is 65.4 Å². The molecule has 0 radical (unpaired) electrons. The maximum Gasteiger partial charge on any atom is 0.230 e. The molecule has 0 atom stereocenters. The summed E-state index contributed by atoms with van der Waals surface area (Å²) in [6.07, 6.45) is 1.24. The normalized spacial score (nSPS) is 11.2. The lowest BCUT2D eigenvalue weighted by atomic mass is 10.3. The van der Waals surface area contributed by atoms with Crippen molar-refractivity contribution < 1.29 is 17.6 Å². The summed E-state index contributed by atoms with van der Waals surface area (Å²) in [4.78, 5) is 16.6. The fourth-order valence-corrected chi connectivity index (χ4v) is 3.62. The number of amides is 1. The first kappa shape index (κ1) is 19.0. The zero-order chi connectivity index (χ0) is 19.4. The highest BCUT2D eigenvalue weighted by atomic mass is 32.2. The summed E-state index contributed by atoms with van der Waals surface area (Å²) in [6, 6.07) is 11.9. The molecule has 2 aromatic carbocycles. The van der Waals surface area contributed by atoms with Crippen molar-refractivity contribution in [2.45, 2.75) is 11.3 Å². The second kappa shape index (κ2) is 7.85. The zero-order valence-electron chi connectivity index (χ0n) is 14.3. The lowest BCUT2D eigenvalue weighted by molar-refractivity contribution is -0.115. The van der Waals surface area contributed by atoms with Crippen LogP contribution in [0.3, 0.4) is 0 Å². The molecule has 0 bridgehead atoms. The number of rotatable bonds is 6. The molecule has 0 saturated heterocycles. The number of aromatic nitrogens is 1. The molecule has 0 spiro atoms. The van der Waals surface area contributed by atoms with Gasteiger partial charge < -0.3 is 10.6 Å². The highest BCUT2D eigenvalue weighted by Crippen LogP contribution is 2.22. The predicted octanol–water partition coefficient (Wildman–Crippen LogP) is 3.61. The SMILES string of the molecule is CS(=O)(=O)c1ccc(Nc2nc(CC(=O)Nc3ccc(F)cc3)cs2)cc1. The third kappa shape index (κ3) is 5.35. The molecule has 140 valence electrons. The molecule has 0 aliphatic rings. The lowest BCUT2D eigenvalue weighted by Crippen LogP contribution is -2.14. The molecule has 9 heteroatoms. The van der Waals surface area contributed by atoms with Crippen LogP contribution >= 0.6 is 11.3 Å². The van der Waals surface area contributed by atoms with Crippen molar-refractivity contribution in [3.8, 4) is 0 Å². The van der Waals surface area contributed by atoms with Gasteiger partial charge in [-0.1, -0.05) is 0 Å². The van der Waals surface area contributed by atoms with E-state index in [-0.39, 0.29) is 23.0 Å². The fourth-order valence-electron chi connectivity index (χ4n) is 2.26. The van der Waals surface area contributed by atoms with Crippen molar-refractivity contribution in [2.24, 2.45) is 0 Å². The van der Waals surface area contributed by atoms with Gasteiger partial charge in [-0.25, -0.2) is 17.8 Å². The minimum absolute atomic E-state index is 0.0859. The number of thiazole rings is 1. The number of halogens is 1. The van der Waals surface area contributed by atoms with Crippen molar-refractivity contribution in [1.82, 2.24) is 4.98 Å². The Morgan fingerprint density at radius 1 is 1.07 bits per heavy atom. The monoisotopic (exact) mass is 405 g/mol. The largest absolute Gasteiger partial charge is 0.332 e. The van der Waals surface area contributed by atoms with Crippen LogP contribution in [0.15, 0.2) is 58.8 Å². The molecule has 0 saturated carbocycles. The summed E-state index contributed by atoms with van der Waals surface area (Å²) in [5, 5.41) is 8.10. The van der Waals surface area contributed by atoms with Gasteiger partial charge in [0, 0.05) is 23.0 Å². The Labute approximate surface area is 160 Å². The maximum absolute atomic E-state index is 12.9. The van der Waals surface area contributed by atoms with Crippen LogP contribution in [0.1, 0.15) is 5.69 Å². The number of hydrogen-bond acceptors (Lipinski definition) is 6. The molecule has 0 aliphatic carbocycles. The molecule has 27 heavy (non-hydrogen) atoms. The van der Waals surface area contributed by atoms with Crippen LogP contribution in [0.5, 0.6) is 0 Å². The van der Waals surface area contributed by atoms with E-state index in [1.807, 2.05) is 0 Å². The van der Waals surface area contributed by atoms with E-state index in [1.165, 1.54) is 47.7 Å². The van der Waals surface area contributed by atoms with Gasteiger partial charge in [0.1, 0.15) is 5.82 Å². The molecule has 0 fully saturated rings. The average molecular weight is 405 g/mol. The van der Waals surface area contributed by atoms with Gasteiger partial charge in [0.25, 0.3) is 0 Å². The first-order valence-electron chi connectivity index (χ1n) is 7.86. The highest BCUT2D eigenvalue weighted by Gasteiger charge is 2.10. The van der Waals surface area contributed by atoms with Crippen LogP contribution in [0, 0.1) is 5.82 Å². The zero-order valence-corrected chi connectivity index (χ0v) is 15.9. The first-order chi connectivity index (χ1) is 12.8.